The van der Waals surface area contributed by atoms with Gasteiger partial charge in [-0.2, -0.15) is 0 Å². The quantitative estimate of drug-likeness (QED) is 0.870. The molecule has 0 atom stereocenters. The lowest BCUT2D eigenvalue weighted by Crippen LogP contribution is -2.01. The molecule has 3 heteroatoms. The standard InChI is InChI=1S/C17H19NO2/c1-10-7-12(3)16(13(4)8-10)18-15-6-5-14(17(19)20)9-11(15)2/h5-9,18H,1-4H3,(H,19,20). The van der Waals surface area contributed by atoms with Crippen LogP contribution in [0.25, 0.3) is 0 Å². The third-order valence-corrected chi connectivity index (χ3v) is 3.41. The lowest BCUT2D eigenvalue weighted by Gasteiger charge is -2.16. The van der Waals surface area contributed by atoms with Crippen LogP contribution in [0, 0.1) is 27.7 Å². The van der Waals surface area contributed by atoms with Crippen molar-refractivity contribution in [2.75, 3.05) is 5.32 Å². The molecular formula is C17H19NO2. The molecule has 0 aliphatic rings. The molecule has 0 bridgehead atoms. The fourth-order valence-corrected chi connectivity index (χ4v) is 2.45. The number of rotatable bonds is 3. The van der Waals surface area contributed by atoms with Gasteiger partial charge in [-0.25, -0.2) is 4.79 Å². The number of hydrogen-bond donors (Lipinski definition) is 2. The van der Waals surface area contributed by atoms with Gasteiger partial charge in [0.25, 0.3) is 0 Å². The summed E-state index contributed by atoms with van der Waals surface area (Å²) >= 11 is 0. The molecule has 0 saturated carbocycles. The Kier molecular flexibility index (Phi) is 3.79. The summed E-state index contributed by atoms with van der Waals surface area (Å²) in [6.45, 7) is 8.14. The first-order valence-electron chi connectivity index (χ1n) is 6.57. The smallest absolute Gasteiger partial charge is 0.335 e. The fraction of sp³-hybridized carbons (Fsp3) is 0.235. The van der Waals surface area contributed by atoms with Crippen LogP contribution < -0.4 is 5.32 Å². The summed E-state index contributed by atoms with van der Waals surface area (Å²) in [6.07, 6.45) is 0. The van der Waals surface area contributed by atoms with Crippen molar-refractivity contribution in [3.05, 3.63) is 58.1 Å². The third-order valence-electron chi connectivity index (χ3n) is 3.41. The molecule has 2 N–H and O–H groups in total. The van der Waals surface area contributed by atoms with E-state index >= 15 is 0 Å². The van der Waals surface area contributed by atoms with Crippen LogP contribution in [0.15, 0.2) is 30.3 Å². The van der Waals surface area contributed by atoms with Gasteiger partial charge in [-0.15, -0.1) is 0 Å². The normalized spacial score (nSPS) is 10.4. The van der Waals surface area contributed by atoms with Gasteiger partial charge in [-0.1, -0.05) is 17.7 Å². The minimum Gasteiger partial charge on any atom is -0.478 e. The largest absolute Gasteiger partial charge is 0.478 e. The molecule has 0 radical (unpaired) electrons. The Balaban J connectivity index is 2.38. The zero-order valence-electron chi connectivity index (χ0n) is 12.2. The van der Waals surface area contributed by atoms with E-state index in [1.54, 1.807) is 12.1 Å². The summed E-state index contributed by atoms with van der Waals surface area (Å²) < 4.78 is 0. The second-order valence-corrected chi connectivity index (χ2v) is 5.23. The number of anilines is 2. The highest BCUT2D eigenvalue weighted by Gasteiger charge is 2.08. The highest BCUT2D eigenvalue weighted by Crippen LogP contribution is 2.28. The molecule has 2 aromatic rings. The number of carbonyl (C=O) groups is 1. The van der Waals surface area contributed by atoms with Crippen LogP contribution in [-0.4, -0.2) is 11.1 Å². The van der Waals surface area contributed by atoms with Gasteiger partial charge in [-0.3, -0.25) is 0 Å². The molecular weight excluding hydrogens is 250 g/mol. The maximum atomic E-state index is 10.9. The van der Waals surface area contributed by atoms with E-state index in [1.165, 1.54) is 16.7 Å². The predicted molar refractivity (Wildman–Crippen MR) is 82.1 cm³/mol. The maximum absolute atomic E-state index is 10.9. The van der Waals surface area contributed by atoms with Gasteiger partial charge in [0.2, 0.25) is 0 Å². The van der Waals surface area contributed by atoms with E-state index in [4.69, 9.17) is 5.11 Å². The van der Waals surface area contributed by atoms with Gasteiger partial charge in [0.15, 0.2) is 0 Å². The van der Waals surface area contributed by atoms with Crippen LogP contribution in [0.1, 0.15) is 32.6 Å². The van der Waals surface area contributed by atoms with E-state index in [9.17, 15) is 4.79 Å². The van der Waals surface area contributed by atoms with Crippen molar-refractivity contribution < 1.29 is 9.90 Å². The van der Waals surface area contributed by atoms with Crippen molar-refractivity contribution in [1.29, 1.82) is 0 Å². The minimum absolute atomic E-state index is 0.311. The second kappa shape index (κ2) is 5.37. The molecule has 104 valence electrons. The first kappa shape index (κ1) is 14.1. The number of aromatic carboxylic acids is 1. The Morgan fingerprint density at radius 3 is 2.05 bits per heavy atom. The lowest BCUT2D eigenvalue weighted by molar-refractivity contribution is 0.0697. The van der Waals surface area contributed by atoms with Crippen LogP contribution in [0.4, 0.5) is 11.4 Å². The number of carboxylic acids is 1. The molecule has 2 rings (SSSR count). The van der Waals surface area contributed by atoms with Gasteiger partial charge in [0, 0.05) is 11.4 Å². The first-order valence-corrected chi connectivity index (χ1v) is 6.57. The average molecular weight is 269 g/mol. The molecule has 3 nitrogen and oxygen atoms in total. The summed E-state index contributed by atoms with van der Waals surface area (Å²) in [4.78, 5) is 10.9. The summed E-state index contributed by atoms with van der Waals surface area (Å²) in [5, 5.41) is 12.4. The molecule has 0 saturated heterocycles. The molecule has 0 aromatic heterocycles. The van der Waals surface area contributed by atoms with Crippen molar-refractivity contribution in [3.8, 4) is 0 Å². The van der Waals surface area contributed by atoms with E-state index in [0.29, 0.717) is 5.56 Å². The van der Waals surface area contributed by atoms with Crippen LogP contribution in [0.3, 0.4) is 0 Å². The maximum Gasteiger partial charge on any atom is 0.335 e. The van der Waals surface area contributed by atoms with Crippen LogP contribution in [0.2, 0.25) is 0 Å². The van der Waals surface area contributed by atoms with Gasteiger partial charge in [0.1, 0.15) is 0 Å². The van der Waals surface area contributed by atoms with E-state index in [-0.39, 0.29) is 0 Å². The van der Waals surface area contributed by atoms with Crippen molar-refractivity contribution in [1.82, 2.24) is 0 Å². The summed E-state index contributed by atoms with van der Waals surface area (Å²) in [7, 11) is 0. The van der Waals surface area contributed by atoms with Crippen LogP contribution in [-0.2, 0) is 0 Å². The highest BCUT2D eigenvalue weighted by molar-refractivity contribution is 5.88. The zero-order valence-corrected chi connectivity index (χ0v) is 12.2. The Bertz CT molecular complexity index is 652. The molecule has 0 aliphatic heterocycles. The van der Waals surface area contributed by atoms with Crippen molar-refractivity contribution in [2.45, 2.75) is 27.7 Å². The third kappa shape index (κ3) is 2.82. The van der Waals surface area contributed by atoms with E-state index < -0.39 is 5.97 Å². The number of carboxylic acid groups (broad SMARTS) is 1. The fourth-order valence-electron chi connectivity index (χ4n) is 2.45. The van der Waals surface area contributed by atoms with E-state index in [0.717, 1.165) is 16.9 Å². The highest BCUT2D eigenvalue weighted by atomic mass is 16.4. The zero-order chi connectivity index (χ0) is 14.9. The minimum atomic E-state index is -0.901. The molecule has 0 unspecified atom stereocenters. The Morgan fingerprint density at radius 1 is 0.950 bits per heavy atom. The first-order chi connectivity index (χ1) is 9.38. The molecule has 0 heterocycles. The Morgan fingerprint density at radius 2 is 1.55 bits per heavy atom. The number of nitrogens with one attached hydrogen (secondary N) is 1. The number of benzene rings is 2. The second-order valence-electron chi connectivity index (χ2n) is 5.23. The van der Waals surface area contributed by atoms with E-state index in [2.05, 4.69) is 38.2 Å². The topological polar surface area (TPSA) is 49.3 Å². The van der Waals surface area contributed by atoms with Crippen LogP contribution in [0.5, 0.6) is 0 Å². The van der Waals surface area contributed by atoms with Crippen LogP contribution >= 0.6 is 0 Å². The summed E-state index contributed by atoms with van der Waals surface area (Å²) in [5.41, 5.74) is 6.86. The van der Waals surface area contributed by atoms with Crippen molar-refractivity contribution >= 4 is 17.3 Å². The molecule has 0 amide bonds. The van der Waals surface area contributed by atoms with E-state index in [1.807, 2.05) is 13.0 Å². The van der Waals surface area contributed by atoms with Gasteiger partial charge in [-0.05, 0) is 62.6 Å². The van der Waals surface area contributed by atoms with Gasteiger partial charge >= 0.3 is 5.97 Å². The molecule has 0 aliphatic carbocycles. The molecule has 20 heavy (non-hydrogen) atoms. The monoisotopic (exact) mass is 269 g/mol. The van der Waals surface area contributed by atoms with Gasteiger partial charge < -0.3 is 10.4 Å². The van der Waals surface area contributed by atoms with Crippen molar-refractivity contribution in [3.63, 3.8) is 0 Å². The lowest BCUT2D eigenvalue weighted by atomic mass is 10.0. The molecule has 0 spiro atoms. The number of aryl methyl sites for hydroxylation is 4. The molecule has 0 fully saturated rings. The SMILES string of the molecule is Cc1cc(C)c(Nc2ccc(C(=O)O)cc2C)c(C)c1. The Labute approximate surface area is 119 Å². The molecule has 2 aromatic carbocycles. The van der Waals surface area contributed by atoms with Crippen molar-refractivity contribution in [2.24, 2.45) is 0 Å². The number of hydrogen-bond acceptors (Lipinski definition) is 2. The average Bonchev–Trinajstić information content (AvgIpc) is 2.34. The predicted octanol–water partition coefficient (Wildman–Crippen LogP) is 4.36. The Hall–Kier alpha value is -2.29. The van der Waals surface area contributed by atoms with Gasteiger partial charge in [0.05, 0.1) is 5.56 Å². The summed E-state index contributed by atoms with van der Waals surface area (Å²) in [6, 6.07) is 9.39. The summed E-state index contributed by atoms with van der Waals surface area (Å²) in [5.74, 6) is -0.901.